The molecule has 0 bridgehead atoms. The van der Waals surface area contributed by atoms with Crippen LogP contribution in [0.4, 0.5) is 8.78 Å². The van der Waals surface area contributed by atoms with Crippen LogP contribution in [0.2, 0.25) is 0 Å². The quantitative estimate of drug-likeness (QED) is 0.869. The van der Waals surface area contributed by atoms with E-state index in [2.05, 4.69) is 5.32 Å². The average molecular weight is 251 g/mol. The molecule has 1 aromatic rings. The van der Waals surface area contributed by atoms with Crippen molar-refractivity contribution in [2.45, 2.75) is 38.1 Å². The predicted molar refractivity (Wildman–Crippen MR) is 67.3 cm³/mol. The lowest BCUT2D eigenvalue weighted by molar-refractivity contribution is 0.391. The first kappa shape index (κ1) is 12.1. The fraction of sp³-hybridized carbons (Fsp3) is 0.600. The highest BCUT2D eigenvalue weighted by Crippen LogP contribution is 2.39. The predicted octanol–water partition coefficient (Wildman–Crippen LogP) is 3.29. The molecule has 3 heteroatoms. The third kappa shape index (κ3) is 2.28. The summed E-state index contributed by atoms with van der Waals surface area (Å²) in [6, 6.07) is 4.24. The van der Waals surface area contributed by atoms with Gasteiger partial charge in [0.05, 0.1) is 0 Å². The minimum atomic E-state index is -0.343. The Morgan fingerprint density at radius 2 is 2.11 bits per heavy atom. The van der Waals surface area contributed by atoms with E-state index >= 15 is 0 Å². The normalized spacial score (nSPS) is 30.7. The molecule has 0 spiro atoms. The average Bonchev–Trinajstić information content (AvgIpc) is 2.93. The molecule has 2 fully saturated rings. The van der Waals surface area contributed by atoms with Crippen LogP contribution >= 0.6 is 0 Å². The molecule has 3 unspecified atom stereocenters. The molecule has 1 heterocycles. The van der Waals surface area contributed by atoms with Crippen LogP contribution in [-0.4, -0.2) is 12.6 Å². The molecule has 1 saturated carbocycles. The Kier molecular flexibility index (Phi) is 3.33. The van der Waals surface area contributed by atoms with Crippen LogP contribution in [0, 0.1) is 23.5 Å². The van der Waals surface area contributed by atoms with E-state index in [-0.39, 0.29) is 11.6 Å². The highest BCUT2D eigenvalue weighted by atomic mass is 19.1. The van der Waals surface area contributed by atoms with E-state index in [4.69, 9.17) is 0 Å². The van der Waals surface area contributed by atoms with E-state index in [1.807, 2.05) is 0 Å². The van der Waals surface area contributed by atoms with Gasteiger partial charge in [0.15, 0.2) is 0 Å². The number of hydrogen-bond acceptors (Lipinski definition) is 1. The molecule has 0 amide bonds. The van der Waals surface area contributed by atoms with Gasteiger partial charge in [-0.05, 0) is 67.8 Å². The molecule has 3 atom stereocenters. The highest BCUT2D eigenvalue weighted by Gasteiger charge is 2.38. The summed E-state index contributed by atoms with van der Waals surface area (Å²) >= 11 is 0. The van der Waals surface area contributed by atoms with Crippen molar-refractivity contribution in [2.75, 3.05) is 6.54 Å². The summed E-state index contributed by atoms with van der Waals surface area (Å²) < 4.78 is 26.6. The molecule has 1 aliphatic carbocycles. The summed E-state index contributed by atoms with van der Waals surface area (Å²) in [4.78, 5) is 0. The third-order valence-electron chi connectivity index (χ3n) is 4.61. The van der Waals surface area contributed by atoms with Crippen LogP contribution in [0.25, 0.3) is 0 Å². The number of halogens is 2. The Balaban J connectivity index is 1.62. The lowest BCUT2D eigenvalue weighted by Gasteiger charge is -2.18. The van der Waals surface area contributed by atoms with Gasteiger partial charge in [-0.3, -0.25) is 0 Å². The van der Waals surface area contributed by atoms with Gasteiger partial charge in [0.25, 0.3) is 0 Å². The molecule has 98 valence electrons. The number of hydrogen-bond donors (Lipinski definition) is 1. The van der Waals surface area contributed by atoms with Crippen molar-refractivity contribution in [1.29, 1.82) is 0 Å². The second kappa shape index (κ2) is 4.96. The molecule has 1 aromatic carbocycles. The van der Waals surface area contributed by atoms with Gasteiger partial charge in [0.2, 0.25) is 0 Å². The van der Waals surface area contributed by atoms with Crippen molar-refractivity contribution in [2.24, 2.45) is 11.8 Å². The van der Waals surface area contributed by atoms with Crippen LogP contribution < -0.4 is 5.32 Å². The van der Waals surface area contributed by atoms with Gasteiger partial charge in [-0.1, -0.05) is 6.42 Å². The van der Waals surface area contributed by atoms with Gasteiger partial charge in [-0.15, -0.1) is 0 Å². The standard InChI is InChI=1S/C15H19F2N/c16-12-5-6-14(17)10(8-12)4-7-15-13-3-1-2-11(13)9-18-15/h5-6,8,11,13,15,18H,1-4,7,9H2. The number of nitrogens with one attached hydrogen (secondary N) is 1. The highest BCUT2D eigenvalue weighted by molar-refractivity contribution is 5.19. The zero-order chi connectivity index (χ0) is 12.5. The van der Waals surface area contributed by atoms with Crippen LogP contribution in [0.1, 0.15) is 31.2 Å². The topological polar surface area (TPSA) is 12.0 Å². The maximum Gasteiger partial charge on any atom is 0.126 e. The lowest BCUT2D eigenvalue weighted by atomic mass is 9.90. The van der Waals surface area contributed by atoms with Gasteiger partial charge < -0.3 is 5.32 Å². The molecule has 1 N–H and O–H groups in total. The van der Waals surface area contributed by atoms with Crippen LogP contribution in [0.5, 0.6) is 0 Å². The summed E-state index contributed by atoms with van der Waals surface area (Å²) in [6.45, 7) is 1.11. The Morgan fingerprint density at radius 1 is 1.22 bits per heavy atom. The van der Waals surface area contributed by atoms with E-state index < -0.39 is 0 Å². The summed E-state index contributed by atoms with van der Waals surface area (Å²) in [7, 11) is 0. The molecule has 1 saturated heterocycles. The van der Waals surface area contributed by atoms with E-state index in [0.29, 0.717) is 18.0 Å². The van der Waals surface area contributed by atoms with E-state index in [1.165, 1.54) is 37.5 Å². The summed E-state index contributed by atoms with van der Waals surface area (Å²) in [5.41, 5.74) is 0.512. The van der Waals surface area contributed by atoms with E-state index in [1.54, 1.807) is 0 Å². The molecule has 2 aliphatic rings. The first-order valence-corrected chi connectivity index (χ1v) is 6.91. The molecular formula is C15H19F2N. The maximum atomic E-state index is 13.5. The van der Waals surface area contributed by atoms with Crippen molar-refractivity contribution in [1.82, 2.24) is 5.32 Å². The minimum absolute atomic E-state index is 0.280. The first-order chi connectivity index (χ1) is 8.74. The zero-order valence-corrected chi connectivity index (χ0v) is 10.5. The smallest absolute Gasteiger partial charge is 0.126 e. The lowest BCUT2D eigenvalue weighted by Crippen LogP contribution is -2.27. The van der Waals surface area contributed by atoms with Gasteiger partial charge in [-0.25, -0.2) is 8.78 Å². The fourth-order valence-corrected chi connectivity index (χ4v) is 3.66. The Morgan fingerprint density at radius 3 is 3.00 bits per heavy atom. The summed E-state index contributed by atoms with van der Waals surface area (Å²) in [5.74, 6) is 0.968. The summed E-state index contributed by atoms with van der Waals surface area (Å²) in [6.07, 6.45) is 5.52. The molecule has 1 nitrogen and oxygen atoms in total. The molecule has 1 aliphatic heterocycles. The monoisotopic (exact) mass is 251 g/mol. The Bertz CT molecular complexity index is 433. The first-order valence-electron chi connectivity index (χ1n) is 6.91. The molecule has 0 aromatic heterocycles. The number of rotatable bonds is 3. The third-order valence-corrected chi connectivity index (χ3v) is 4.61. The fourth-order valence-electron chi connectivity index (χ4n) is 3.66. The van der Waals surface area contributed by atoms with E-state index in [0.717, 1.165) is 24.8 Å². The summed E-state index contributed by atoms with van der Waals surface area (Å²) in [5, 5.41) is 3.55. The second-order valence-corrected chi connectivity index (χ2v) is 5.64. The Hall–Kier alpha value is -0.960. The number of benzene rings is 1. The second-order valence-electron chi connectivity index (χ2n) is 5.64. The van der Waals surface area contributed by atoms with Crippen molar-refractivity contribution >= 4 is 0 Å². The van der Waals surface area contributed by atoms with Gasteiger partial charge >= 0.3 is 0 Å². The molecule has 18 heavy (non-hydrogen) atoms. The van der Waals surface area contributed by atoms with E-state index in [9.17, 15) is 8.78 Å². The number of fused-ring (bicyclic) bond motifs is 1. The minimum Gasteiger partial charge on any atom is -0.313 e. The van der Waals surface area contributed by atoms with Crippen molar-refractivity contribution in [3.63, 3.8) is 0 Å². The van der Waals surface area contributed by atoms with Gasteiger partial charge in [0.1, 0.15) is 11.6 Å². The van der Waals surface area contributed by atoms with Crippen molar-refractivity contribution < 1.29 is 8.78 Å². The van der Waals surface area contributed by atoms with Crippen molar-refractivity contribution in [3.05, 3.63) is 35.4 Å². The number of aryl methyl sites for hydroxylation is 1. The maximum absolute atomic E-state index is 13.5. The SMILES string of the molecule is Fc1ccc(F)c(CCC2NCC3CCCC32)c1. The van der Waals surface area contributed by atoms with Crippen LogP contribution in [0.3, 0.4) is 0 Å². The Labute approximate surface area is 107 Å². The largest absolute Gasteiger partial charge is 0.313 e. The van der Waals surface area contributed by atoms with Crippen molar-refractivity contribution in [3.8, 4) is 0 Å². The van der Waals surface area contributed by atoms with Crippen LogP contribution in [-0.2, 0) is 6.42 Å². The molecule has 3 rings (SSSR count). The van der Waals surface area contributed by atoms with Crippen LogP contribution in [0.15, 0.2) is 18.2 Å². The zero-order valence-electron chi connectivity index (χ0n) is 10.5. The van der Waals surface area contributed by atoms with Gasteiger partial charge in [0, 0.05) is 6.04 Å². The van der Waals surface area contributed by atoms with Gasteiger partial charge in [-0.2, -0.15) is 0 Å². The molecule has 0 radical (unpaired) electrons. The molecular weight excluding hydrogens is 232 g/mol.